The van der Waals surface area contributed by atoms with Crippen molar-refractivity contribution in [1.29, 1.82) is 0 Å². The monoisotopic (exact) mass is 332 g/mol. The number of amides is 1. The Morgan fingerprint density at radius 1 is 1.63 bits per heavy atom. The van der Waals surface area contributed by atoms with E-state index in [1.807, 2.05) is 0 Å². The van der Waals surface area contributed by atoms with E-state index in [0.29, 0.717) is 4.47 Å². The van der Waals surface area contributed by atoms with E-state index < -0.39 is 16.9 Å². The normalized spacial score (nSPS) is 11.9. The van der Waals surface area contributed by atoms with E-state index >= 15 is 0 Å². The zero-order chi connectivity index (χ0) is 14.4. The summed E-state index contributed by atoms with van der Waals surface area (Å²) in [4.78, 5) is 22.0. The average molecular weight is 333 g/mol. The number of nitro benzene ring substituents is 1. The fraction of sp³-hybridized carbons (Fsp3) is 0.364. The molecule has 0 aliphatic carbocycles. The van der Waals surface area contributed by atoms with Gasteiger partial charge in [-0.15, -0.1) is 0 Å². The van der Waals surface area contributed by atoms with Crippen LogP contribution in [0.3, 0.4) is 0 Å². The standard InChI is InChI=1S/C11H13BrN2O5/c1-19-6-8(5-15)13-11(16)7-2-3-9(12)10(4-7)14(17)18/h2-4,8,15H,5-6H2,1H3,(H,13,16). The molecule has 1 amide bonds. The number of nitrogens with zero attached hydrogens (tertiary/aromatic N) is 1. The Bertz CT molecular complexity index is 480. The van der Waals surface area contributed by atoms with Gasteiger partial charge in [-0.3, -0.25) is 14.9 Å². The van der Waals surface area contributed by atoms with Crippen LogP contribution in [0, 0.1) is 10.1 Å². The topological polar surface area (TPSA) is 102 Å². The number of carbonyl (C=O) groups is 1. The lowest BCUT2D eigenvalue weighted by Crippen LogP contribution is -2.40. The molecule has 8 heteroatoms. The zero-order valence-corrected chi connectivity index (χ0v) is 11.7. The van der Waals surface area contributed by atoms with Crippen LogP contribution in [0.15, 0.2) is 22.7 Å². The van der Waals surface area contributed by atoms with E-state index in [1.165, 1.54) is 25.3 Å². The molecule has 0 saturated carbocycles. The summed E-state index contributed by atoms with van der Waals surface area (Å²) in [7, 11) is 1.44. The average Bonchev–Trinajstić information content (AvgIpc) is 2.38. The lowest BCUT2D eigenvalue weighted by Gasteiger charge is -2.15. The minimum Gasteiger partial charge on any atom is -0.394 e. The Morgan fingerprint density at radius 3 is 2.84 bits per heavy atom. The second kappa shape index (κ2) is 7.17. The number of ether oxygens (including phenoxy) is 1. The van der Waals surface area contributed by atoms with Crippen LogP contribution in [-0.2, 0) is 4.74 Å². The SMILES string of the molecule is COCC(CO)NC(=O)c1ccc(Br)c([N+](=O)[O-])c1. The molecule has 7 nitrogen and oxygen atoms in total. The smallest absolute Gasteiger partial charge is 0.284 e. The van der Waals surface area contributed by atoms with Crippen molar-refractivity contribution in [3.8, 4) is 0 Å². The van der Waals surface area contributed by atoms with Crippen molar-refractivity contribution in [2.75, 3.05) is 20.3 Å². The molecular weight excluding hydrogens is 320 g/mol. The Morgan fingerprint density at radius 2 is 2.32 bits per heavy atom. The van der Waals surface area contributed by atoms with Crippen LogP contribution >= 0.6 is 15.9 Å². The molecule has 1 aromatic carbocycles. The predicted molar refractivity (Wildman–Crippen MR) is 71.0 cm³/mol. The maximum absolute atomic E-state index is 11.9. The summed E-state index contributed by atoms with van der Waals surface area (Å²) in [6.07, 6.45) is 0. The number of hydrogen-bond donors (Lipinski definition) is 2. The third kappa shape index (κ3) is 4.27. The van der Waals surface area contributed by atoms with E-state index in [0.717, 1.165) is 0 Å². The lowest BCUT2D eigenvalue weighted by atomic mass is 10.2. The molecule has 2 N–H and O–H groups in total. The molecule has 1 unspecified atom stereocenters. The highest BCUT2D eigenvalue weighted by Crippen LogP contribution is 2.25. The van der Waals surface area contributed by atoms with Crippen molar-refractivity contribution in [1.82, 2.24) is 5.32 Å². The largest absolute Gasteiger partial charge is 0.394 e. The summed E-state index contributed by atoms with van der Waals surface area (Å²) in [5, 5.41) is 22.3. The van der Waals surface area contributed by atoms with Gasteiger partial charge in [-0.1, -0.05) is 0 Å². The van der Waals surface area contributed by atoms with Crippen LogP contribution in [-0.4, -0.2) is 42.3 Å². The van der Waals surface area contributed by atoms with Gasteiger partial charge >= 0.3 is 0 Å². The number of hydrogen-bond acceptors (Lipinski definition) is 5. The Hall–Kier alpha value is -1.51. The van der Waals surface area contributed by atoms with E-state index in [2.05, 4.69) is 21.2 Å². The van der Waals surface area contributed by atoms with Crippen molar-refractivity contribution >= 4 is 27.5 Å². The number of halogens is 1. The predicted octanol–water partition coefficient (Wildman–Crippen LogP) is 1.09. The number of rotatable bonds is 6. The van der Waals surface area contributed by atoms with Crippen molar-refractivity contribution in [3.63, 3.8) is 0 Å². The van der Waals surface area contributed by atoms with E-state index in [9.17, 15) is 14.9 Å². The Labute approximate surface area is 117 Å². The summed E-state index contributed by atoms with van der Waals surface area (Å²) in [6, 6.07) is 3.49. The second-order valence-corrected chi connectivity index (χ2v) is 4.59. The fourth-order valence-electron chi connectivity index (χ4n) is 1.40. The first-order chi connectivity index (χ1) is 8.99. The van der Waals surface area contributed by atoms with Crippen LogP contribution < -0.4 is 5.32 Å². The highest BCUT2D eigenvalue weighted by molar-refractivity contribution is 9.10. The number of benzene rings is 1. The van der Waals surface area contributed by atoms with Crippen molar-refractivity contribution < 1.29 is 19.6 Å². The van der Waals surface area contributed by atoms with Gasteiger partial charge in [0.25, 0.3) is 11.6 Å². The fourth-order valence-corrected chi connectivity index (χ4v) is 1.80. The van der Waals surface area contributed by atoms with Crippen molar-refractivity contribution in [2.45, 2.75) is 6.04 Å². The van der Waals surface area contributed by atoms with Gasteiger partial charge in [-0.2, -0.15) is 0 Å². The molecule has 1 atom stereocenters. The number of nitro groups is 1. The molecule has 0 spiro atoms. The maximum atomic E-state index is 11.9. The molecule has 104 valence electrons. The summed E-state index contributed by atoms with van der Waals surface area (Å²) in [6.45, 7) is -0.126. The summed E-state index contributed by atoms with van der Waals surface area (Å²) in [5.41, 5.74) is -0.0515. The second-order valence-electron chi connectivity index (χ2n) is 3.73. The molecule has 1 aromatic rings. The molecule has 0 saturated heterocycles. The van der Waals surface area contributed by atoms with Crippen LogP contribution in [0.2, 0.25) is 0 Å². The number of carbonyl (C=O) groups excluding carboxylic acids is 1. The van der Waals surface area contributed by atoms with E-state index in [4.69, 9.17) is 9.84 Å². The van der Waals surface area contributed by atoms with Crippen LogP contribution in [0.4, 0.5) is 5.69 Å². The van der Waals surface area contributed by atoms with Crippen molar-refractivity contribution in [2.24, 2.45) is 0 Å². The van der Waals surface area contributed by atoms with Gasteiger partial charge in [0, 0.05) is 18.7 Å². The van der Waals surface area contributed by atoms with Crippen LogP contribution in [0.1, 0.15) is 10.4 Å². The minimum absolute atomic E-state index is 0.143. The molecule has 1 rings (SSSR count). The summed E-state index contributed by atoms with van der Waals surface area (Å²) in [5.74, 6) is -0.508. The molecule has 0 aliphatic heterocycles. The maximum Gasteiger partial charge on any atom is 0.284 e. The first-order valence-corrected chi connectivity index (χ1v) is 6.13. The van der Waals surface area contributed by atoms with E-state index in [-0.39, 0.29) is 24.5 Å². The molecule has 0 fully saturated rings. The van der Waals surface area contributed by atoms with Crippen LogP contribution in [0.5, 0.6) is 0 Å². The Balaban J connectivity index is 2.88. The Kier molecular flexibility index (Phi) is 5.87. The van der Waals surface area contributed by atoms with Gasteiger partial charge in [-0.25, -0.2) is 0 Å². The van der Waals surface area contributed by atoms with Gasteiger partial charge in [0.1, 0.15) is 0 Å². The highest BCUT2D eigenvalue weighted by atomic mass is 79.9. The minimum atomic E-state index is -0.584. The molecule has 0 aromatic heterocycles. The highest BCUT2D eigenvalue weighted by Gasteiger charge is 2.18. The third-order valence-corrected chi connectivity index (χ3v) is 3.00. The molecule has 19 heavy (non-hydrogen) atoms. The van der Waals surface area contributed by atoms with Crippen molar-refractivity contribution in [3.05, 3.63) is 38.3 Å². The lowest BCUT2D eigenvalue weighted by molar-refractivity contribution is -0.385. The first-order valence-electron chi connectivity index (χ1n) is 5.34. The van der Waals surface area contributed by atoms with Gasteiger partial charge in [0.05, 0.1) is 28.7 Å². The molecule has 0 aliphatic rings. The van der Waals surface area contributed by atoms with Gasteiger partial charge in [0.2, 0.25) is 0 Å². The van der Waals surface area contributed by atoms with Gasteiger partial charge < -0.3 is 15.2 Å². The number of aliphatic hydroxyl groups is 1. The molecule has 0 bridgehead atoms. The number of nitrogens with one attached hydrogen (secondary N) is 1. The van der Waals surface area contributed by atoms with E-state index in [1.54, 1.807) is 0 Å². The van der Waals surface area contributed by atoms with Gasteiger partial charge in [-0.05, 0) is 28.1 Å². The number of aliphatic hydroxyl groups excluding tert-OH is 1. The van der Waals surface area contributed by atoms with Gasteiger partial charge in [0.15, 0.2) is 0 Å². The molecule has 0 radical (unpaired) electrons. The summed E-state index contributed by atoms with van der Waals surface area (Å²) < 4.78 is 5.12. The molecular formula is C11H13BrN2O5. The molecule has 0 heterocycles. The number of methoxy groups -OCH3 is 1. The zero-order valence-electron chi connectivity index (χ0n) is 10.1. The quantitative estimate of drug-likeness (QED) is 0.599. The first kappa shape index (κ1) is 15.5. The summed E-state index contributed by atoms with van der Waals surface area (Å²) >= 11 is 3.04. The van der Waals surface area contributed by atoms with Crippen LogP contribution in [0.25, 0.3) is 0 Å². The third-order valence-electron chi connectivity index (χ3n) is 2.33.